The molecule has 0 spiro atoms. The first-order chi connectivity index (χ1) is 7.74. The van der Waals surface area contributed by atoms with Gasteiger partial charge >= 0.3 is 0 Å². The second kappa shape index (κ2) is 3.33. The fourth-order valence-electron chi connectivity index (χ4n) is 1.90. The van der Waals surface area contributed by atoms with Crippen LogP contribution >= 0.6 is 0 Å². The third-order valence-corrected chi connectivity index (χ3v) is 3.13. The summed E-state index contributed by atoms with van der Waals surface area (Å²) in [6.45, 7) is 3.20. The summed E-state index contributed by atoms with van der Waals surface area (Å²) in [5, 5.41) is 10.9. The van der Waals surface area contributed by atoms with Crippen molar-refractivity contribution in [3.63, 3.8) is 0 Å². The monoisotopic (exact) mass is 218 g/mol. The van der Waals surface area contributed by atoms with Gasteiger partial charge in [0.15, 0.2) is 5.65 Å². The quantitative estimate of drug-likeness (QED) is 0.714. The third-order valence-electron chi connectivity index (χ3n) is 3.13. The Balaban J connectivity index is 1.86. The van der Waals surface area contributed by atoms with Gasteiger partial charge in [-0.3, -0.25) is 5.10 Å². The molecule has 2 heterocycles. The van der Waals surface area contributed by atoms with Gasteiger partial charge in [0.25, 0.3) is 0 Å². The number of aromatic nitrogens is 4. The lowest BCUT2D eigenvalue weighted by molar-refractivity contribution is 0.785. The van der Waals surface area contributed by atoms with Crippen LogP contribution in [-0.4, -0.2) is 26.7 Å². The maximum absolute atomic E-state index is 5.62. The summed E-state index contributed by atoms with van der Waals surface area (Å²) in [5.74, 6) is 2.63. The Bertz CT molecular complexity index is 519. The molecule has 1 saturated carbocycles. The number of H-pyrrole nitrogens is 1. The first-order valence-electron chi connectivity index (χ1n) is 5.44. The van der Waals surface area contributed by atoms with Crippen LogP contribution in [0.15, 0.2) is 6.20 Å². The zero-order valence-electron chi connectivity index (χ0n) is 9.07. The minimum Gasteiger partial charge on any atom is -0.369 e. The largest absolute Gasteiger partial charge is 0.369 e. The van der Waals surface area contributed by atoms with Gasteiger partial charge in [0.1, 0.15) is 5.82 Å². The number of nitrogens with one attached hydrogen (secondary N) is 2. The van der Waals surface area contributed by atoms with Crippen molar-refractivity contribution in [2.75, 3.05) is 17.6 Å². The van der Waals surface area contributed by atoms with Gasteiger partial charge in [0.2, 0.25) is 5.95 Å². The molecule has 0 aliphatic heterocycles. The molecule has 1 aliphatic carbocycles. The topological polar surface area (TPSA) is 92.5 Å². The van der Waals surface area contributed by atoms with Crippen LogP contribution in [-0.2, 0) is 0 Å². The molecule has 84 valence electrons. The van der Waals surface area contributed by atoms with Gasteiger partial charge in [-0.1, -0.05) is 6.92 Å². The average molecular weight is 218 g/mol. The van der Waals surface area contributed by atoms with Gasteiger partial charge in [-0.05, 0) is 18.3 Å². The Morgan fingerprint density at radius 3 is 3.12 bits per heavy atom. The van der Waals surface area contributed by atoms with E-state index in [9.17, 15) is 0 Å². The van der Waals surface area contributed by atoms with E-state index in [1.54, 1.807) is 6.20 Å². The molecule has 2 atom stereocenters. The van der Waals surface area contributed by atoms with Crippen LogP contribution in [0, 0.1) is 11.8 Å². The molecule has 0 bridgehead atoms. The Morgan fingerprint density at radius 2 is 2.38 bits per heavy atom. The standard InChI is InChI=1S/C10H14N6/c1-5-2-6(5)3-12-8-7-4-13-16-9(7)15-10(11)14-8/h4-6H,2-3H2,1H3,(H4,11,12,13,14,15,16). The fraction of sp³-hybridized carbons (Fsp3) is 0.500. The minimum atomic E-state index is 0.267. The molecule has 1 aliphatic rings. The summed E-state index contributed by atoms with van der Waals surface area (Å²) in [7, 11) is 0. The predicted molar refractivity (Wildman–Crippen MR) is 61.9 cm³/mol. The Hall–Kier alpha value is -1.85. The molecule has 2 unspecified atom stereocenters. The van der Waals surface area contributed by atoms with Crippen LogP contribution in [0.25, 0.3) is 11.0 Å². The number of fused-ring (bicyclic) bond motifs is 1. The highest BCUT2D eigenvalue weighted by Crippen LogP contribution is 2.37. The molecule has 0 radical (unpaired) electrons. The van der Waals surface area contributed by atoms with E-state index in [2.05, 4.69) is 32.4 Å². The van der Waals surface area contributed by atoms with Gasteiger partial charge < -0.3 is 11.1 Å². The van der Waals surface area contributed by atoms with Gasteiger partial charge in [0.05, 0.1) is 11.6 Å². The van der Waals surface area contributed by atoms with Crippen LogP contribution < -0.4 is 11.1 Å². The molecule has 3 rings (SSSR count). The molecular formula is C10H14N6. The highest BCUT2D eigenvalue weighted by Gasteiger charge is 2.32. The van der Waals surface area contributed by atoms with Gasteiger partial charge in [-0.2, -0.15) is 15.1 Å². The highest BCUT2D eigenvalue weighted by molar-refractivity contribution is 5.86. The van der Waals surface area contributed by atoms with Crippen LogP contribution in [0.5, 0.6) is 0 Å². The summed E-state index contributed by atoms with van der Waals surface area (Å²) >= 11 is 0. The van der Waals surface area contributed by atoms with Crippen molar-refractivity contribution in [1.82, 2.24) is 20.2 Å². The van der Waals surface area contributed by atoms with Crippen LogP contribution in [0.1, 0.15) is 13.3 Å². The lowest BCUT2D eigenvalue weighted by Crippen LogP contribution is -2.08. The number of nitrogens with two attached hydrogens (primary N) is 1. The maximum Gasteiger partial charge on any atom is 0.224 e. The summed E-state index contributed by atoms with van der Waals surface area (Å²) in [6, 6.07) is 0. The Morgan fingerprint density at radius 1 is 1.56 bits per heavy atom. The van der Waals surface area contributed by atoms with Crippen molar-refractivity contribution in [3.8, 4) is 0 Å². The van der Waals surface area contributed by atoms with E-state index in [1.807, 2.05) is 0 Å². The van der Waals surface area contributed by atoms with Crippen molar-refractivity contribution in [1.29, 1.82) is 0 Å². The molecule has 0 amide bonds. The number of anilines is 2. The van der Waals surface area contributed by atoms with E-state index < -0.39 is 0 Å². The molecule has 6 heteroatoms. The fourth-order valence-corrected chi connectivity index (χ4v) is 1.90. The normalized spacial score (nSPS) is 23.6. The minimum absolute atomic E-state index is 0.267. The zero-order chi connectivity index (χ0) is 11.1. The van der Waals surface area contributed by atoms with Gasteiger partial charge in [-0.25, -0.2) is 0 Å². The predicted octanol–water partition coefficient (Wildman–Crippen LogP) is 1.00. The van der Waals surface area contributed by atoms with Gasteiger partial charge in [-0.15, -0.1) is 0 Å². The second-order valence-electron chi connectivity index (χ2n) is 4.42. The summed E-state index contributed by atoms with van der Waals surface area (Å²) < 4.78 is 0. The van der Waals surface area contributed by atoms with Crippen molar-refractivity contribution >= 4 is 22.8 Å². The van der Waals surface area contributed by atoms with E-state index in [-0.39, 0.29) is 5.95 Å². The number of aromatic amines is 1. The van der Waals surface area contributed by atoms with E-state index in [1.165, 1.54) is 6.42 Å². The number of nitrogens with zero attached hydrogens (tertiary/aromatic N) is 3. The van der Waals surface area contributed by atoms with Crippen molar-refractivity contribution in [2.45, 2.75) is 13.3 Å². The van der Waals surface area contributed by atoms with Crippen molar-refractivity contribution < 1.29 is 0 Å². The highest BCUT2D eigenvalue weighted by atomic mass is 15.2. The smallest absolute Gasteiger partial charge is 0.224 e. The molecule has 1 fully saturated rings. The number of hydrogen-bond acceptors (Lipinski definition) is 5. The molecule has 2 aromatic rings. The summed E-state index contributed by atoms with van der Waals surface area (Å²) in [4.78, 5) is 8.26. The zero-order valence-corrected chi connectivity index (χ0v) is 9.07. The SMILES string of the molecule is CC1CC1CNc1nc(N)nc2[nH]ncc12. The molecule has 0 saturated heterocycles. The molecule has 0 aromatic carbocycles. The Kier molecular flexibility index (Phi) is 1.95. The maximum atomic E-state index is 5.62. The lowest BCUT2D eigenvalue weighted by atomic mass is 10.3. The van der Waals surface area contributed by atoms with Crippen LogP contribution in [0.3, 0.4) is 0 Å². The summed E-state index contributed by atoms with van der Waals surface area (Å²) in [5.41, 5.74) is 6.30. The molecular weight excluding hydrogens is 204 g/mol. The Labute approximate surface area is 92.7 Å². The molecule has 4 N–H and O–H groups in total. The van der Waals surface area contributed by atoms with Crippen LogP contribution in [0.4, 0.5) is 11.8 Å². The van der Waals surface area contributed by atoms with Gasteiger partial charge in [0, 0.05) is 6.54 Å². The molecule has 2 aromatic heterocycles. The van der Waals surface area contributed by atoms with Crippen LogP contribution in [0.2, 0.25) is 0 Å². The first kappa shape index (κ1) is 9.38. The molecule has 6 nitrogen and oxygen atoms in total. The third kappa shape index (κ3) is 1.56. The summed E-state index contributed by atoms with van der Waals surface area (Å²) in [6.07, 6.45) is 3.01. The van der Waals surface area contributed by atoms with Crippen molar-refractivity contribution in [2.24, 2.45) is 11.8 Å². The number of hydrogen-bond donors (Lipinski definition) is 3. The number of rotatable bonds is 3. The number of nitrogen functional groups attached to an aromatic ring is 1. The molecule has 16 heavy (non-hydrogen) atoms. The van der Waals surface area contributed by atoms with E-state index in [0.29, 0.717) is 5.65 Å². The van der Waals surface area contributed by atoms with E-state index in [4.69, 9.17) is 5.73 Å². The second-order valence-corrected chi connectivity index (χ2v) is 4.42. The average Bonchev–Trinajstić information content (AvgIpc) is 2.76. The van der Waals surface area contributed by atoms with Crippen molar-refractivity contribution in [3.05, 3.63) is 6.20 Å². The van der Waals surface area contributed by atoms with E-state index in [0.717, 1.165) is 29.6 Å². The lowest BCUT2D eigenvalue weighted by Gasteiger charge is -2.05. The van der Waals surface area contributed by atoms with E-state index >= 15 is 0 Å². The first-order valence-corrected chi connectivity index (χ1v) is 5.44.